The molecule has 0 saturated carbocycles. The maximum Gasteiger partial charge on any atom is 0.231 e. The Bertz CT molecular complexity index is 573. The molecular weight excluding hydrogens is 288 g/mol. The van der Waals surface area contributed by atoms with Crippen molar-refractivity contribution in [3.8, 4) is 0 Å². The van der Waals surface area contributed by atoms with Gasteiger partial charge in [0, 0.05) is 39.1 Å². The number of pyridine rings is 1. The number of aromatic nitrogens is 4. The number of rotatable bonds is 6. The van der Waals surface area contributed by atoms with Gasteiger partial charge in [-0.05, 0) is 43.1 Å². The fourth-order valence-electron chi connectivity index (χ4n) is 1.98. The summed E-state index contributed by atoms with van der Waals surface area (Å²) in [6.45, 7) is 6.44. The Labute approximate surface area is 129 Å². The highest BCUT2D eigenvalue weighted by Crippen LogP contribution is 2.17. The number of halogens is 1. The Kier molecular flexibility index (Phi) is 5.27. The van der Waals surface area contributed by atoms with E-state index in [1.165, 1.54) is 0 Å². The first-order valence-electron chi connectivity index (χ1n) is 6.90. The van der Waals surface area contributed by atoms with Crippen LogP contribution in [0.3, 0.4) is 0 Å². The number of anilines is 2. The van der Waals surface area contributed by atoms with E-state index >= 15 is 0 Å². The van der Waals surface area contributed by atoms with E-state index in [4.69, 9.17) is 11.6 Å². The summed E-state index contributed by atoms with van der Waals surface area (Å²) in [6.07, 6.45) is 3.54. The average Bonchev–Trinajstić information content (AvgIpc) is 2.49. The molecule has 21 heavy (non-hydrogen) atoms. The monoisotopic (exact) mass is 306 g/mol. The Balaban J connectivity index is 2.22. The zero-order chi connectivity index (χ0) is 15.2. The highest BCUT2D eigenvalue weighted by Gasteiger charge is 2.13. The Morgan fingerprint density at radius 1 is 1.00 bits per heavy atom. The van der Waals surface area contributed by atoms with Gasteiger partial charge in [-0.1, -0.05) is 0 Å². The number of hydrogen-bond donors (Lipinski definition) is 0. The fraction of sp³-hybridized carbons (Fsp3) is 0.429. The van der Waals surface area contributed by atoms with Crippen LogP contribution in [0.5, 0.6) is 0 Å². The zero-order valence-electron chi connectivity index (χ0n) is 12.5. The van der Waals surface area contributed by atoms with E-state index in [-0.39, 0.29) is 5.28 Å². The molecule has 0 aliphatic heterocycles. The Morgan fingerprint density at radius 3 is 2.24 bits per heavy atom. The fourth-order valence-corrected chi connectivity index (χ4v) is 2.13. The third-order valence-electron chi connectivity index (χ3n) is 3.14. The number of hydrogen-bond acceptors (Lipinski definition) is 6. The van der Waals surface area contributed by atoms with E-state index in [1.54, 1.807) is 12.4 Å². The lowest BCUT2D eigenvalue weighted by molar-refractivity contribution is 0.790. The summed E-state index contributed by atoms with van der Waals surface area (Å²) in [5.74, 6) is 1.17. The SMILES string of the molecule is CCN(CC)c1nc(Cl)nc(N(C)Cc2ccncc2)n1. The van der Waals surface area contributed by atoms with Crippen molar-refractivity contribution in [2.24, 2.45) is 0 Å². The minimum atomic E-state index is 0.212. The van der Waals surface area contributed by atoms with Gasteiger partial charge in [-0.15, -0.1) is 0 Å². The van der Waals surface area contributed by atoms with Crippen molar-refractivity contribution in [3.63, 3.8) is 0 Å². The molecule has 0 fully saturated rings. The van der Waals surface area contributed by atoms with E-state index in [0.717, 1.165) is 18.7 Å². The third-order valence-corrected chi connectivity index (χ3v) is 3.31. The molecule has 0 aromatic carbocycles. The minimum absolute atomic E-state index is 0.212. The summed E-state index contributed by atoms with van der Waals surface area (Å²) >= 11 is 6.03. The van der Waals surface area contributed by atoms with Gasteiger partial charge in [0.05, 0.1) is 0 Å². The van der Waals surface area contributed by atoms with Crippen molar-refractivity contribution >= 4 is 23.5 Å². The lowest BCUT2D eigenvalue weighted by atomic mass is 10.2. The molecule has 0 bridgehead atoms. The maximum absolute atomic E-state index is 6.03. The second kappa shape index (κ2) is 7.17. The van der Waals surface area contributed by atoms with Crippen LogP contribution in [0.15, 0.2) is 24.5 Å². The lowest BCUT2D eigenvalue weighted by Crippen LogP contribution is -2.26. The average molecular weight is 307 g/mol. The molecule has 0 spiro atoms. The minimum Gasteiger partial charge on any atom is -0.341 e. The highest BCUT2D eigenvalue weighted by molar-refractivity contribution is 6.28. The topological polar surface area (TPSA) is 58.0 Å². The Hall–Kier alpha value is -1.95. The standard InChI is InChI=1S/C14H19ClN6/c1-4-21(5-2)14-18-12(15)17-13(19-14)20(3)10-11-6-8-16-9-7-11/h6-9H,4-5,10H2,1-3H3. The molecule has 2 rings (SSSR count). The molecule has 0 aliphatic rings. The molecule has 0 amide bonds. The van der Waals surface area contributed by atoms with Gasteiger partial charge < -0.3 is 9.80 Å². The first-order chi connectivity index (χ1) is 10.1. The van der Waals surface area contributed by atoms with Crippen molar-refractivity contribution in [1.82, 2.24) is 19.9 Å². The summed E-state index contributed by atoms with van der Waals surface area (Å²) in [4.78, 5) is 20.9. The third kappa shape index (κ3) is 4.01. The van der Waals surface area contributed by atoms with Crippen molar-refractivity contribution in [1.29, 1.82) is 0 Å². The molecule has 112 valence electrons. The Morgan fingerprint density at radius 2 is 1.62 bits per heavy atom. The molecule has 0 saturated heterocycles. The molecule has 7 heteroatoms. The number of nitrogens with zero attached hydrogens (tertiary/aromatic N) is 6. The van der Waals surface area contributed by atoms with E-state index in [9.17, 15) is 0 Å². The van der Waals surface area contributed by atoms with Crippen LogP contribution in [0.2, 0.25) is 5.28 Å². The van der Waals surface area contributed by atoms with Gasteiger partial charge in [0.2, 0.25) is 17.2 Å². The van der Waals surface area contributed by atoms with Crippen molar-refractivity contribution in [2.75, 3.05) is 29.9 Å². The first-order valence-corrected chi connectivity index (χ1v) is 7.28. The molecule has 2 heterocycles. The van der Waals surface area contributed by atoms with E-state index in [0.29, 0.717) is 18.4 Å². The quantitative estimate of drug-likeness (QED) is 0.817. The molecular formula is C14H19ClN6. The van der Waals surface area contributed by atoms with Gasteiger partial charge in [-0.2, -0.15) is 15.0 Å². The van der Waals surface area contributed by atoms with E-state index < -0.39 is 0 Å². The molecule has 6 nitrogen and oxygen atoms in total. The van der Waals surface area contributed by atoms with E-state index in [1.807, 2.05) is 29.0 Å². The molecule has 0 aliphatic carbocycles. The second-order valence-corrected chi connectivity index (χ2v) is 4.93. The van der Waals surface area contributed by atoms with Crippen LogP contribution in [0.1, 0.15) is 19.4 Å². The van der Waals surface area contributed by atoms with Gasteiger partial charge in [-0.25, -0.2) is 0 Å². The second-order valence-electron chi connectivity index (χ2n) is 4.59. The van der Waals surface area contributed by atoms with Gasteiger partial charge >= 0.3 is 0 Å². The van der Waals surface area contributed by atoms with Gasteiger partial charge in [-0.3, -0.25) is 4.98 Å². The van der Waals surface area contributed by atoms with Crippen LogP contribution in [0.25, 0.3) is 0 Å². The van der Waals surface area contributed by atoms with Crippen LogP contribution >= 0.6 is 11.6 Å². The first kappa shape index (κ1) is 15.4. The zero-order valence-corrected chi connectivity index (χ0v) is 13.2. The smallest absolute Gasteiger partial charge is 0.231 e. The van der Waals surface area contributed by atoms with Crippen molar-refractivity contribution < 1.29 is 0 Å². The lowest BCUT2D eigenvalue weighted by Gasteiger charge is -2.22. The van der Waals surface area contributed by atoms with E-state index in [2.05, 4.69) is 33.8 Å². The highest BCUT2D eigenvalue weighted by atomic mass is 35.5. The van der Waals surface area contributed by atoms with Crippen molar-refractivity contribution in [2.45, 2.75) is 20.4 Å². The summed E-state index contributed by atoms with van der Waals surface area (Å²) in [6, 6.07) is 3.93. The van der Waals surface area contributed by atoms with Crippen LogP contribution in [0.4, 0.5) is 11.9 Å². The van der Waals surface area contributed by atoms with Gasteiger partial charge in [0.15, 0.2) is 0 Å². The molecule has 0 atom stereocenters. The van der Waals surface area contributed by atoms with Crippen LogP contribution in [-0.4, -0.2) is 40.1 Å². The van der Waals surface area contributed by atoms with Gasteiger partial charge in [0.1, 0.15) is 0 Å². The molecule has 0 unspecified atom stereocenters. The largest absolute Gasteiger partial charge is 0.341 e. The molecule has 2 aromatic rings. The van der Waals surface area contributed by atoms with Crippen LogP contribution in [0, 0.1) is 0 Å². The summed E-state index contributed by atoms with van der Waals surface area (Å²) in [5.41, 5.74) is 1.13. The predicted octanol–water partition coefficient (Wildman–Crippen LogP) is 2.40. The predicted molar refractivity (Wildman–Crippen MR) is 84.7 cm³/mol. The summed E-state index contributed by atoms with van der Waals surface area (Å²) in [5, 5.41) is 0.212. The maximum atomic E-state index is 6.03. The molecule has 0 radical (unpaired) electrons. The van der Waals surface area contributed by atoms with Gasteiger partial charge in [0.25, 0.3) is 0 Å². The van der Waals surface area contributed by atoms with Crippen molar-refractivity contribution in [3.05, 3.63) is 35.4 Å². The summed E-state index contributed by atoms with van der Waals surface area (Å²) in [7, 11) is 1.93. The van der Waals surface area contributed by atoms with Crippen LogP contribution < -0.4 is 9.80 Å². The molecule has 0 N–H and O–H groups in total. The summed E-state index contributed by atoms with van der Waals surface area (Å²) < 4.78 is 0. The normalized spacial score (nSPS) is 10.5. The molecule has 2 aromatic heterocycles. The van der Waals surface area contributed by atoms with Crippen LogP contribution in [-0.2, 0) is 6.54 Å².